The molecule has 2 heterocycles. The predicted octanol–water partition coefficient (Wildman–Crippen LogP) is 3.14. The van der Waals surface area contributed by atoms with Crippen molar-refractivity contribution in [3.8, 4) is 0 Å². The zero-order valence-corrected chi connectivity index (χ0v) is 21.2. The molecule has 0 spiro atoms. The lowest BCUT2D eigenvalue weighted by atomic mass is 10.0. The van der Waals surface area contributed by atoms with Gasteiger partial charge in [0, 0.05) is 31.2 Å². The molecule has 1 N–H and O–H groups in total. The number of rotatable bonds is 5. The summed E-state index contributed by atoms with van der Waals surface area (Å²) in [4.78, 5) is 27.3. The van der Waals surface area contributed by atoms with Gasteiger partial charge < -0.3 is 10.0 Å². The lowest BCUT2D eigenvalue weighted by molar-refractivity contribution is -0.140. The average Bonchev–Trinajstić information content (AvgIpc) is 3.13. The maximum absolute atomic E-state index is 12.9. The van der Waals surface area contributed by atoms with Crippen molar-refractivity contribution < 1.29 is 18.3 Å². The van der Waals surface area contributed by atoms with E-state index in [0.717, 1.165) is 16.4 Å². The summed E-state index contributed by atoms with van der Waals surface area (Å²) < 4.78 is 29.3. The first-order valence-electron chi connectivity index (χ1n) is 11.7. The predicted molar refractivity (Wildman–Crippen MR) is 139 cm³/mol. The van der Waals surface area contributed by atoms with Crippen LogP contribution in [0.2, 0.25) is 5.02 Å². The fourth-order valence-corrected chi connectivity index (χ4v) is 6.50. The van der Waals surface area contributed by atoms with E-state index in [2.05, 4.69) is 0 Å². The Balaban J connectivity index is 1.27. The molecule has 5 rings (SSSR count). The van der Waals surface area contributed by atoms with Crippen molar-refractivity contribution in [3.05, 3.63) is 76.2 Å². The SMILES string of the molecule is Cn1c(=O)n(C2CCN(C(=O)[C@H](O)CS(=O)(=O)c3ccc4cc(Cl)ccc4c3)CC2)c2ccccc21. The monoisotopic (exact) mass is 527 g/mol. The molecule has 0 aliphatic carbocycles. The van der Waals surface area contributed by atoms with E-state index in [0.29, 0.717) is 36.3 Å². The molecule has 36 heavy (non-hydrogen) atoms. The minimum absolute atomic E-state index is 0.0400. The third-order valence-corrected chi connectivity index (χ3v) is 8.89. The number of hydrogen-bond acceptors (Lipinski definition) is 5. The van der Waals surface area contributed by atoms with Crippen LogP contribution in [-0.2, 0) is 21.7 Å². The topological polar surface area (TPSA) is 102 Å². The van der Waals surface area contributed by atoms with Crippen LogP contribution in [-0.4, -0.2) is 58.4 Å². The number of imidazole rings is 1. The maximum Gasteiger partial charge on any atom is 0.329 e. The lowest BCUT2D eigenvalue weighted by Gasteiger charge is -2.33. The van der Waals surface area contributed by atoms with Gasteiger partial charge in [-0.15, -0.1) is 0 Å². The molecule has 4 aromatic rings. The average molecular weight is 528 g/mol. The Bertz CT molecular complexity index is 1630. The van der Waals surface area contributed by atoms with Crippen LogP contribution in [0.25, 0.3) is 21.8 Å². The number of amides is 1. The summed E-state index contributed by atoms with van der Waals surface area (Å²) in [7, 11) is -2.17. The number of aryl methyl sites for hydroxylation is 1. The van der Waals surface area contributed by atoms with Crippen LogP contribution in [0.5, 0.6) is 0 Å². The second kappa shape index (κ2) is 9.38. The van der Waals surface area contributed by atoms with Crippen molar-refractivity contribution in [2.75, 3.05) is 18.8 Å². The molecule has 8 nitrogen and oxygen atoms in total. The van der Waals surface area contributed by atoms with Crippen molar-refractivity contribution in [1.82, 2.24) is 14.0 Å². The van der Waals surface area contributed by atoms with Gasteiger partial charge in [0.25, 0.3) is 5.91 Å². The highest BCUT2D eigenvalue weighted by Crippen LogP contribution is 2.27. The molecule has 1 aromatic heterocycles. The Kier molecular flexibility index (Phi) is 6.40. The van der Waals surface area contributed by atoms with Gasteiger partial charge in [0.2, 0.25) is 0 Å². The van der Waals surface area contributed by atoms with Gasteiger partial charge in [-0.05, 0) is 60.0 Å². The molecule has 1 aliphatic heterocycles. The smallest absolute Gasteiger partial charge is 0.329 e. The number of carbonyl (C=O) groups is 1. The van der Waals surface area contributed by atoms with Gasteiger partial charge in [0.05, 0.1) is 21.7 Å². The van der Waals surface area contributed by atoms with Crippen LogP contribution in [0, 0.1) is 0 Å². The summed E-state index contributed by atoms with van der Waals surface area (Å²) in [5.74, 6) is -1.32. The van der Waals surface area contributed by atoms with Gasteiger partial charge in [-0.1, -0.05) is 35.9 Å². The van der Waals surface area contributed by atoms with Gasteiger partial charge in [-0.25, -0.2) is 13.2 Å². The van der Waals surface area contributed by atoms with Crippen molar-refractivity contribution in [2.24, 2.45) is 7.05 Å². The zero-order valence-electron chi connectivity index (χ0n) is 19.7. The molecule has 1 saturated heterocycles. The van der Waals surface area contributed by atoms with E-state index in [1.807, 2.05) is 24.3 Å². The van der Waals surface area contributed by atoms with Crippen LogP contribution in [0.4, 0.5) is 0 Å². The van der Waals surface area contributed by atoms with E-state index >= 15 is 0 Å². The van der Waals surface area contributed by atoms with Gasteiger partial charge in [-0.2, -0.15) is 0 Å². The number of aliphatic hydroxyl groups excluding tert-OH is 1. The number of para-hydroxylation sites is 2. The number of nitrogens with zero attached hydrogens (tertiary/aromatic N) is 3. The lowest BCUT2D eigenvalue weighted by Crippen LogP contribution is -2.46. The number of benzene rings is 3. The van der Waals surface area contributed by atoms with Crippen LogP contribution in [0.15, 0.2) is 70.4 Å². The highest BCUT2D eigenvalue weighted by atomic mass is 35.5. The zero-order chi connectivity index (χ0) is 25.6. The number of aromatic nitrogens is 2. The van der Waals surface area contributed by atoms with Crippen molar-refractivity contribution in [1.29, 1.82) is 0 Å². The number of halogens is 1. The number of hydrogen-bond donors (Lipinski definition) is 1. The van der Waals surface area contributed by atoms with E-state index in [-0.39, 0.29) is 16.6 Å². The Hall–Kier alpha value is -3.14. The van der Waals surface area contributed by atoms with Gasteiger partial charge in [0.1, 0.15) is 6.10 Å². The number of piperidine rings is 1. The number of sulfone groups is 1. The van der Waals surface area contributed by atoms with E-state index in [9.17, 15) is 23.1 Å². The van der Waals surface area contributed by atoms with E-state index in [4.69, 9.17) is 11.6 Å². The molecular formula is C26H26ClN3O5S. The summed E-state index contributed by atoms with van der Waals surface area (Å²) in [6.45, 7) is 0.653. The maximum atomic E-state index is 12.9. The normalized spacial score (nSPS) is 16.0. The van der Waals surface area contributed by atoms with Crippen LogP contribution in [0.1, 0.15) is 18.9 Å². The van der Waals surface area contributed by atoms with Gasteiger partial charge in [0.15, 0.2) is 9.84 Å². The van der Waals surface area contributed by atoms with Gasteiger partial charge in [-0.3, -0.25) is 13.9 Å². The summed E-state index contributed by atoms with van der Waals surface area (Å²) in [5.41, 5.74) is 1.58. The summed E-state index contributed by atoms with van der Waals surface area (Å²) >= 11 is 5.99. The van der Waals surface area contributed by atoms with Gasteiger partial charge >= 0.3 is 5.69 Å². The molecule has 0 radical (unpaired) electrons. The number of fused-ring (bicyclic) bond motifs is 2. The fraction of sp³-hybridized carbons (Fsp3) is 0.308. The number of likely N-dealkylation sites (tertiary alicyclic amines) is 1. The number of carbonyl (C=O) groups excluding carboxylic acids is 1. The molecule has 0 saturated carbocycles. The fourth-order valence-electron chi connectivity index (χ4n) is 4.99. The third kappa shape index (κ3) is 4.42. The minimum atomic E-state index is -3.90. The Labute approximate surface area is 213 Å². The number of aliphatic hydroxyl groups is 1. The highest BCUT2D eigenvalue weighted by molar-refractivity contribution is 7.91. The van der Waals surface area contributed by atoms with E-state index < -0.39 is 27.6 Å². The molecule has 188 valence electrons. The molecular weight excluding hydrogens is 502 g/mol. The second-order valence-corrected chi connectivity index (χ2v) is 11.7. The quantitative estimate of drug-likeness (QED) is 0.429. The van der Waals surface area contributed by atoms with Crippen molar-refractivity contribution in [2.45, 2.75) is 29.9 Å². The first kappa shape index (κ1) is 24.5. The summed E-state index contributed by atoms with van der Waals surface area (Å²) in [5, 5.41) is 12.6. The summed E-state index contributed by atoms with van der Waals surface area (Å²) in [6.07, 6.45) is -0.605. The van der Waals surface area contributed by atoms with Crippen LogP contribution >= 0.6 is 11.6 Å². The largest absolute Gasteiger partial charge is 0.382 e. The Morgan fingerprint density at radius 1 is 1.03 bits per heavy atom. The first-order chi connectivity index (χ1) is 17.2. The van der Waals surface area contributed by atoms with Crippen LogP contribution in [0.3, 0.4) is 0 Å². The van der Waals surface area contributed by atoms with Crippen LogP contribution < -0.4 is 5.69 Å². The summed E-state index contributed by atoms with van der Waals surface area (Å²) in [6, 6.07) is 17.3. The molecule has 1 aliphatic rings. The molecule has 10 heteroatoms. The van der Waals surface area contributed by atoms with Crippen molar-refractivity contribution >= 4 is 49.2 Å². The molecule has 3 aromatic carbocycles. The highest BCUT2D eigenvalue weighted by Gasteiger charge is 2.32. The van der Waals surface area contributed by atoms with Crippen molar-refractivity contribution in [3.63, 3.8) is 0 Å². The van der Waals surface area contributed by atoms with E-state index in [1.165, 1.54) is 17.0 Å². The Morgan fingerprint density at radius 3 is 2.39 bits per heavy atom. The third-order valence-electron chi connectivity index (χ3n) is 6.93. The first-order valence-corrected chi connectivity index (χ1v) is 13.7. The molecule has 1 fully saturated rings. The second-order valence-electron chi connectivity index (χ2n) is 9.21. The Morgan fingerprint density at radius 2 is 1.67 bits per heavy atom. The molecule has 1 amide bonds. The van der Waals surface area contributed by atoms with E-state index in [1.54, 1.807) is 40.4 Å². The molecule has 1 atom stereocenters. The molecule has 0 unspecified atom stereocenters. The molecule has 0 bridgehead atoms. The standard InChI is InChI=1S/C26H26ClN3O5S/c1-28-22-4-2-3-5-23(22)30(26(28)33)20-10-12-29(13-11-20)25(32)24(31)16-36(34,35)21-9-7-17-14-19(27)8-6-18(17)15-21/h2-9,14-15,20,24,31H,10-13,16H2,1H3/t24-/m1/s1. The minimum Gasteiger partial charge on any atom is -0.382 e.